The summed E-state index contributed by atoms with van der Waals surface area (Å²) in [6.07, 6.45) is 3.69. The Kier molecular flexibility index (Phi) is 6.87. The second-order valence-electron chi connectivity index (χ2n) is 5.37. The van der Waals surface area contributed by atoms with Crippen LogP contribution in [-0.4, -0.2) is 25.7 Å². The Morgan fingerprint density at radius 1 is 1.36 bits per heavy atom. The van der Waals surface area contributed by atoms with Gasteiger partial charge in [-0.3, -0.25) is 4.79 Å². The van der Waals surface area contributed by atoms with Crippen molar-refractivity contribution in [2.45, 2.75) is 45.1 Å². The first kappa shape index (κ1) is 18.0. The zero-order valence-corrected chi connectivity index (χ0v) is 13.7. The summed E-state index contributed by atoms with van der Waals surface area (Å²) in [5, 5.41) is 12.0. The van der Waals surface area contributed by atoms with Crippen LogP contribution in [0.1, 0.15) is 45.1 Å². The summed E-state index contributed by atoms with van der Waals surface area (Å²) in [5.41, 5.74) is -0.0752. The summed E-state index contributed by atoms with van der Waals surface area (Å²) in [4.78, 5) is 12.5. The molecule has 5 heteroatoms. The molecule has 1 amide bonds. The highest BCUT2D eigenvalue weighted by Crippen LogP contribution is 2.25. The van der Waals surface area contributed by atoms with Crippen LogP contribution in [0.2, 0.25) is 0 Å². The van der Waals surface area contributed by atoms with Crippen molar-refractivity contribution in [3.63, 3.8) is 0 Å². The third-order valence-corrected chi connectivity index (χ3v) is 3.78. The van der Waals surface area contributed by atoms with E-state index in [1.807, 2.05) is 0 Å². The first-order valence-corrected chi connectivity index (χ1v) is 7.45. The third-order valence-electron chi connectivity index (χ3n) is 3.78. The number of hydrogen-bond donors (Lipinski definition) is 1. The lowest BCUT2D eigenvalue weighted by Crippen LogP contribution is -2.42. The normalized spacial score (nSPS) is 13.0. The van der Waals surface area contributed by atoms with Crippen LogP contribution < -0.4 is 10.1 Å². The van der Waals surface area contributed by atoms with E-state index in [-0.39, 0.29) is 5.91 Å². The lowest BCUT2D eigenvalue weighted by Gasteiger charge is -2.27. The molecule has 0 saturated carbocycles. The van der Waals surface area contributed by atoms with Gasteiger partial charge in [0.1, 0.15) is 17.4 Å². The molecule has 1 rings (SSSR count). The molecule has 0 bridgehead atoms. The SMILES string of the molecule is CCCCCC(C)(OC)C(=O)Nc1ccc(OC)cc1C#N. The van der Waals surface area contributed by atoms with Crippen molar-refractivity contribution in [1.82, 2.24) is 0 Å². The number of methoxy groups -OCH3 is 2. The zero-order valence-electron chi connectivity index (χ0n) is 13.7. The molecule has 0 aliphatic rings. The van der Waals surface area contributed by atoms with Crippen LogP contribution in [0.15, 0.2) is 18.2 Å². The number of unbranched alkanes of at least 4 members (excludes halogenated alkanes) is 2. The lowest BCUT2D eigenvalue weighted by atomic mass is 9.96. The minimum Gasteiger partial charge on any atom is -0.497 e. The van der Waals surface area contributed by atoms with Gasteiger partial charge in [0, 0.05) is 7.11 Å². The maximum atomic E-state index is 12.5. The molecule has 0 aliphatic heterocycles. The molecule has 0 fully saturated rings. The van der Waals surface area contributed by atoms with E-state index in [0.29, 0.717) is 23.4 Å². The van der Waals surface area contributed by atoms with Crippen molar-refractivity contribution < 1.29 is 14.3 Å². The number of amides is 1. The molecule has 120 valence electrons. The number of rotatable bonds is 8. The van der Waals surface area contributed by atoms with Gasteiger partial charge < -0.3 is 14.8 Å². The quantitative estimate of drug-likeness (QED) is 0.746. The number of hydrogen-bond acceptors (Lipinski definition) is 4. The fraction of sp³-hybridized carbons (Fsp3) is 0.529. The number of anilines is 1. The highest BCUT2D eigenvalue weighted by atomic mass is 16.5. The Morgan fingerprint density at radius 2 is 2.09 bits per heavy atom. The molecule has 0 aliphatic carbocycles. The summed E-state index contributed by atoms with van der Waals surface area (Å²) in [6, 6.07) is 7.03. The molecular formula is C17H24N2O3. The van der Waals surface area contributed by atoms with Crippen molar-refractivity contribution in [3.05, 3.63) is 23.8 Å². The molecule has 0 heterocycles. The van der Waals surface area contributed by atoms with Crippen molar-refractivity contribution in [2.75, 3.05) is 19.5 Å². The molecule has 22 heavy (non-hydrogen) atoms. The van der Waals surface area contributed by atoms with E-state index in [9.17, 15) is 10.1 Å². The largest absolute Gasteiger partial charge is 0.497 e. The van der Waals surface area contributed by atoms with E-state index in [1.165, 1.54) is 14.2 Å². The summed E-state index contributed by atoms with van der Waals surface area (Å²) < 4.78 is 10.5. The van der Waals surface area contributed by atoms with Gasteiger partial charge in [-0.1, -0.05) is 26.2 Å². The average molecular weight is 304 g/mol. The van der Waals surface area contributed by atoms with Crippen LogP contribution in [0.5, 0.6) is 5.75 Å². The van der Waals surface area contributed by atoms with E-state index in [0.717, 1.165) is 19.3 Å². The monoisotopic (exact) mass is 304 g/mol. The lowest BCUT2D eigenvalue weighted by molar-refractivity contribution is -0.136. The van der Waals surface area contributed by atoms with Crippen molar-refractivity contribution in [2.24, 2.45) is 0 Å². The second kappa shape index (κ2) is 8.40. The number of benzene rings is 1. The van der Waals surface area contributed by atoms with Crippen LogP contribution in [0.4, 0.5) is 5.69 Å². The van der Waals surface area contributed by atoms with Gasteiger partial charge in [-0.2, -0.15) is 5.26 Å². The van der Waals surface area contributed by atoms with Crippen LogP contribution in [0, 0.1) is 11.3 Å². The maximum absolute atomic E-state index is 12.5. The van der Waals surface area contributed by atoms with Gasteiger partial charge in [-0.05, 0) is 31.5 Å². The van der Waals surface area contributed by atoms with Gasteiger partial charge in [-0.25, -0.2) is 0 Å². The minimum atomic E-state index is -0.901. The number of nitrogens with zero attached hydrogens (tertiary/aromatic N) is 1. The zero-order chi connectivity index (χ0) is 16.6. The highest BCUT2D eigenvalue weighted by molar-refractivity contribution is 5.98. The maximum Gasteiger partial charge on any atom is 0.256 e. The average Bonchev–Trinajstić information content (AvgIpc) is 2.55. The highest BCUT2D eigenvalue weighted by Gasteiger charge is 2.32. The molecule has 5 nitrogen and oxygen atoms in total. The van der Waals surface area contributed by atoms with E-state index in [1.54, 1.807) is 25.1 Å². The summed E-state index contributed by atoms with van der Waals surface area (Å²) in [6.45, 7) is 3.88. The van der Waals surface area contributed by atoms with E-state index in [4.69, 9.17) is 9.47 Å². The topological polar surface area (TPSA) is 71.3 Å². The van der Waals surface area contributed by atoms with Gasteiger partial charge >= 0.3 is 0 Å². The predicted octanol–water partition coefficient (Wildman–Crippen LogP) is 3.49. The first-order chi connectivity index (χ1) is 10.5. The fourth-order valence-electron chi connectivity index (χ4n) is 2.13. The van der Waals surface area contributed by atoms with Crippen molar-refractivity contribution in [1.29, 1.82) is 5.26 Å². The van der Waals surface area contributed by atoms with E-state index >= 15 is 0 Å². The molecule has 0 spiro atoms. The molecule has 0 saturated heterocycles. The number of carbonyl (C=O) groups is 1. The summed E-state index contributed by atoms with van der Waals surface area (Å²) >= 11 is 0. The van der Waals surface area contributed by atoms with E-state index in [2.05, 4.69) is 18.3 Å². The van der Waals surface area contributed by atoms with Crippen LogP contribution in [0.3, 0.4) is 0 Å². The van der Waals surface area contributed by atoms with Crippen molar-refractivity contribution in [3.8, 4) is 11.8 Å². The molecule has 1 N–H and O–H groups in total. The Bertz CT molecular complexity index is 551. The van der Waals surface area contributed by atoms with Gasteiger partial charge in [-0.15, -0.1) is 0 Å². The summed E-state index contributed by atoms with van der Waals surface area (Å²) in [5.74, 6) is 0.333. The standard InChI is InChI=1S/C17H24N2O3/c1-5-6-7-10-17(2,22-4)16(20)19-15-9-8-14(21-3)11-13(15)12-18/h8-9,11H,5-7,10H2,1-4H3,(H,19,20). The number of nitrogens with one attached hydrogen (secondary N) is 1. The van der Waals surface area contributed by atoms with Crippen LogP contribution >= 0.6 is 0 Å². The summed E-state index contributed by atoms with van der Waals surface area (Å²) in [7, 11) is 3.06. The predicted molar refractivity (Wildman–Crippen MR) is 85.9 cm³/mol. The van der Waals surface area contributed by atoms with Crippen LogP contribution in [-0.2, 0) is 9.53 Å². The number of carbonyl (C=O) groups excluding carboxylic acids is 1. The third kappa shape index (κ3) is 4.47. The Morgan fingerprint density at radius 3 is 2.64 bits per heavy atom. The Balaban J connectivity index is 2.88. The molecule has 1 atom stereocenters. The van der Waals surface area contributed by atoms with Gasteiger partial charge in [0.15, 0.2) is 0 Å². The molecule has 1 aromatic rings. The Hall–Kier alpha value is -2.06. The molecule has 1 aromatic carbocycles. The van der Waals surface area contributed by atoms with Crippen molar-refractivity contribution >= 4 is 11.6 Å². The number of ether oxygens (including phenoxy) is 2. The van der Waals surface area contributed by atoms with Gasteiger partial charge in [0.2, 0.25) is 0 Å². The van der Waals surface area contributed by atoms with Gasteiger partial charge in [0.05, 0.1) is 18.4 Å². The van der Waals surface area contributed by atoms with Gasteiger partial charge in [0.25, 0.3) is 5.91 Å². The molecule has 0 aromatic heterocycles. The van der Waals surface area contributed by atoms with E-state index < -0.39 is 5.60 Å². The number of nitriles is 1. The Labute approximate surface area is 132 Å². The molecule has 0 radical (unpaired) electrons. The smallest absolute Gasteiger partial charge is 0.256 e. The molecular weight excluding hydrogens is 280 g/mol. The van der Waals surface area contributed by atoms with Crippen LogP contribution in [0.25, 0.3) is 0 Å². The second-order valence-corrected chi connectivity index (χ2v) is 5.37. The molecule has 1 unspecified atom stereocenters. The minimum absolute atomic E-state index is 0.243. The first-order valence-electron chi connectivity index (χ1n) is 7.45. The fourth-order valence-corrected chi connectivity index (χ4v) is 2.13.